The van der Waals surface area contributed by atoms with Crippen LogP contribution < -0.4 is 0 Å². The summed E-state index contributed by atoms with van der Waals surface area (Å²) in [7, 11) is 0. The maximum Gasteiger partial charge on any atom is 0.185 e. The molecule has 1 aromatic rings. The van der Waals surface area contributed by atoms with Gasteiger partial charge < -0.3 is 4.74 Å². The molecule has 1 aliphatic heterocycles. The zero-order valence-corrected chi connectivity index (χ0v) is 9.96. The summed E-state index contributed by atoms with van der Waals surface area (Å²) in [6.07, 6.45) is 5.28. The van der Waals surface area contributed by atoms with Gasteiger partial charge in [-0.25, -0.2) is 4.98 Å². The number of hydrogen-bond donors (Lipinski definition) is 0. The smallest absolute Gasteiger partial charge is 0.185 e. The van der Waals surface area contributed by atoms with Crippen molar-refractivity contribution >= 4 is 17.1 Å². The molecule has 0 amide bonds. The number of ketones is 1. The lowest BCUT2D eigenvalue weighted by molar-refractivity contribution is -0.137. The van der Waals surface area contributed by atoms with E-state index in [-0.39, 0.29) is 17.3 Å². The van der Waals surface area contributed by atoms with Crippen LogP contribution in [-0.4, -0.2) is 23.0 Å². The predicted octanol–water partition coefficient (Wildman–Crippen LogP) is 2.68. The van der Waals surface area contributed by atoms with E-state index in [0.29, 0.717) is 5.69 Å². The van der Waals surface area contributed by atoms with Crippen LogP contribution in [-0.2, 0) is 4.74 Å². The molecule has 86 valence electrons. The molecule has 0 radical (unpaired) electrons. The molecule has 16 heavy (non-hydrogen) atoms. The van der Waals surface area contributed by atoms with Crippen LogP contribution in [0.1, 0.15) is 42.6 Å². The van der Waals surface area contributed by atoms with Crippen LogP contribution >= 0.6 is 11.3 Å². The second-order valence-corrected chi connectivity index (χ2v) is 5.53. The average Bonchev–Trinajstić information content (AvgIpc) is 2.79. The molecule has 4 heteroatoms. The monoisotopic (exact) mass is 237 g/mol. The Balaban J connectivity index is 1.73. The van der Waals surface area contributed by atoms with Gasteiger partial charge in [-0.1, -0.05) is 0 Å². The maximum atomic E-state index is 12.2. The van der Waals surface area contributed by atoms with E-state index in [9.17, 15) is 4.79 Å². The molecule has 1 unspecified atom stereocenters. The van der Waals surface area contributed by atoms with E-state index in [1.807, 2.05) is 5.38 Å². The largest absolute Gasteiger partial charge is 0.375 e. The van der Waals surface area contributed by atoms with Gasteiger partial charge in [-0.3, -0.25) is 4.79 Å². The van der Waals surface area contributed by atoms with E-state index in [2.05, 4.69) is 4.98 Å². The Morgan fingerprint density at radius 2 is 2.44 bits per heavy atom. The van der Waals surface area contributed by atoms with Crippen molar-refractivity contribution in [1.82, 2.24) is 4.98 Å². The van der Waals surface area contributed by atoms with Crippen molar-refractivity contribution in [3.8, 4) is 0 Å². The van der Waals surface area contributed by atoms with Gasteiger partial charge in [0.1, 0.15) is 5.69 Å². The zero-order valence-electron chi connectivity index (χ0n) is 9.15. The van der Waals surface area contributed by atoms with Crippen LogP contribution in [0.5, 0.6) is 0 Å². The molecule has 1 saturated carbocycles. The molecule has 1 atom stereocenters. The van der Waals surface area contributed by atoms with Crippen LogP contribution in [0.4, 0.5) is 0 Å². The summed E-state index contributed by atoms with van der Waals surface area (Å²) in [5.41, 5.74) is 2.42. The quantitative estimate of drug-likeness (QED) is 0.742. The summed E-state index contributed by atoms with van der Waals surface area (Å²) in [6.45, 7) is 0.737. The van der Waals surface area contributed by atoms with Crippen molar-refractivity contribution < 1.29 is 9.53 Å². The van der Waals surface area contributed by atoms with Gasteiger partial charge in [-0.15, -0.1) is 11.3 Å². The van der Waals surface area contributed by atoms with Crippen molar-refractivity contribution in [3.05, 3.63) is 16.6 Å². The third kappa shape index (κ3) is 1.70. The minimum Gasteiger partial charge on any atom is -0.375 e. The van der Waals surface area contributed by atoms with Gasteiger partial charge in [0.25, 0.3) is 0 Å². The number of carbonyl (C=O) groups is 1. The first-order valence-corrected chi connectivity index (χ1v) is 6.80. The summed E-state index contributed by atoms with van der Waals surface area (Å²) >= 11 is 1.49. The fourth-order valence-electron chi connectivity index (χ4n) is 2.71. The third-order valence-corrected chi connectivity index (χ3v) is 4.40. The highest BCUT2D eigenvalue weighted by Gasteiger charge is 2.44. The van der Waals surface area contributed by atoms with E-state index in [4.69, 9.17) is 4.74 Å². The summed E-state index contributed by atoms with van der Waals surface area (Å²) < 4.78 is 5.83. The van der Waals surface area contributed by atoms with Crippen molar-refractivity contribution in [2.75, 3.05) is 6.61 Å². The van der Waals surface area contributed by atoms with Crippen LogP contribution in [0.2, 0.25) is 0 Å². The molecular weight excluding hydrogens is 222 g/mol. The Bertz CT molecular complexity index is 384. The standard InChI is InChI=1S/C12H15NO2S/c14-11(10-7-16-8-13-10)9-2-5-15-12(6-9)3-1-4-12/h7-9H,1-6H2. The van der Waals surface area contributed by atoms with Crippen molar-refractivity contribution in [1.29, 1.82) is 0 Å². The van der Waals surface area contributed by atoms with E-state index in [1.54, 1.807) is 5.51 Å². The number of nitrogens with zero attached hydrogens (tertiary/aromatic N) is 1. The fourth-order valence-corrected chi connectivity index (χ4v) is 3.26. The molecule has 0 N–H and O–H groups in total. The summed E-state index contributed by atoms with van der Waals surface area (Å²) in [6, 6.07) is 0. The molecule has 0 aromatic carbocycles. The Labute approximate surface area is 98.8 Å². The Hall–Kier alpha value is -0.740. The summed E-state index contributed by atoms with van der Waals surface area (Å²) in [5, 5.41) is 1.85. The highest BCUT2D eigenvalue weighted by molar-refractivity contribution is 7.07. The van der Waals surface area contributed by atoms with E-state index >= 15 is 0 Å². The van der Waals surface area contributed by atoms with Gasteiger partial charge >= 0.3 is 0 Å². The number of thiazole rings is 1. The molecular formula is C12H15NO2S. The first-order chi connectivity index (χ1) is 7.79. The normalized spacial score (nSPS) is 27.6. The molecule has 2 fully saturated rings. The van der Waals surface area contributed by atoms with Gasteiger partial charge in [0, 0.05) is 17.9 Å². The average molecular weight is 237 g/mol. The molecule has 3 rings (SSSR count). The van der Waals surface area contributed by atoms with Crippen LogP contribution in [0.3, 0.4) is 0 Å². The molecule has 1 spiro atoms. The lowest BCUT2D eigenvalue weighted by atomic mass is 9.71. The Morgan fingerprint density at radius 1 is 1.56 bits per heavy atom. The predicted molar refractivity (Wildman–Crippen MR) is 61.7 cm³/mol. The molecule has 3 nitrogen and oxygen atoms in total. The number of aromatic nitrogens is 1. The minimum absolute atomic E-state index is 0.0502. The maximum absolute atomic E-state index is 12.2. The topological polar surface area (TPSA) is 39.2 Å². The fraction of sp³-hybridized carbons (Fsp3) is 0.667. The molecule has 0 bridgehead atoms. The second-order valence-electron chi connectivity index (χ2n) is 4.81. The Morgan fingerprint density at radius 3 is 3.06 bits per heavy atom. The number of ether oxygens (including phenoxy) is 1. The lowest BCUT2D eigenvalue weighted by Gasteiger charge is -2.46. The molecule has 1 aromatic heterocycles. The van der Waals surface area contributed by atoms with E-state index in [0.717, 1.165) is 32.3 Å². The lowest BCUT2D eigenvalue weighted by Crippen LogP contribution is -2.47. The third-order valence-electron chi connectivity index (χ3n) is 3.81. The highest BCUT2D eigenvalue weighted by Crippen LogP contribution is 2.44. The summed E-state index contributed by atoms with van der Waals surface area (Å²) in [5.74, 6) is 0.354. The number of hydrogen-bond acceptors (Lipinski definition) is 4. The van der Waals surface area contributed by atoms with Gasteiger partial charge in [-0.2, -0.15) is 0 Å². The van der Waals surface area contributed by atoms with Crippen molar-refractivity contribution in [2.45, 2.75) is 37.7 Å². The molecule has 1 saturated heterocycles. The Kier molecular flexibility index (Phi) is 2.56. The number of Topliss-reactive ketones (excluding diaryl/α,β-unsaturated/α-hetero) is 1. The van der Waals surface area contributed by atoms with E-state index in [1.165, 1.54) is 17.8 Å². The number of carbonyl (C=O) groups excluding carboxylic acids is 1. The molecule has 1 aliphatic carbocycles. The van der Waals surface area contributed by atoms with Crippen LogP contribution in [0.15, 0.2) is 10.9 Å². The van der Waals surface area contributed by atoms with Gasteiger partial charge in [-0.05, 0) is 32.1 Å². The SMILES string of the molecule is O=C(c1cscn1)C1CCOC2(CCC2)C1. The first-order valence-electron chi connectivity index (χ1n) is 5.85. The zero-order chi connectivity index (χ0) is 11.0. The highest BCUT2D eigenvalue weighted by atomic mass is 32.1. The van der Waals surface area contributed by atoms with E-state index < -0.39 is 0 Å². The first kappa shape index (κ1) is 10.4. The summed E-state index contributed by atoms with van der Waals surface area (Å²) in [4.78, 5) is 16.3. The van der Waals surface area contributed by atoms with Crippen LogP contribution in [0.25, 0.3) is 0 Å². The second kappa shape index (κ2) is 3.93. The molecule has 2 heterocycles. The van der Waals surface area contributed by atoms with Gasteiger partial charge in [0.15, 0.2) is 5.78 Å². The van der Waals surface area contributed by atoms with Gasteiger partial charge in [0.2, 0.25) is 0 Å². The molecule has 2 aliphatic rings. The van der Waals surface area contributed by atoms with Crippen molar-refractivity contribution in [2.24, 2.45) is 5.92 Å². The minimum atomic E-state index is 0.0502. The van der Waals surface area contributed by atoms with Crippen LogP contribution in [0, 0.1) is 5.92 Å². The van der Waals surface area contributed by atoms with Crippen molar-refractivity contribution in [3.63, 3.8) is 0 Å². The number of rotatable bonds is 2. The van der Waals surface area contributed by atoms with Gasteiger partial charge in [0.05, 0.1) is 11.1 Å².